The number of aromatic nitrogens is 1. The number of nitrogens with zero attached hydrogens (tertiary/aromatic N) is 3. The molecule has 1 aliphatic carbocycles. The van der Waals surface area contributed by atoms with Crippen molar-refractivity contribution < 1.29 is 23.9 Å². The molecule has 10 heteroatoms. The third kappa shape index (κ3) is 10.9. The van der Waals surface area contributed by atoms with Crippen molar-refractivity contribution in [2.45, 2.75) is 143 Å². The van der Waals surface area contributed by atoms with Gasteiger partial charge in [-0.3, -0.25) is 24.1 Å². The van der Waals surface area contributed by atoms with Crippen LogP contribution >= 0.6 is 11.3 Å². The Morgan fingerprint density at radius 3 is 2.37 bits per heavy atom. The fourth-order valence-electron chi connectivity index (χ4n) is 7.07. The molecule has 1 saturated heterocycles. The molecular formula is C36H60N4O5S. The van der Waals surface area contributed by atoms with E-state index in [4.69, 9.17) is 4.74 Å². The minimum Gasteiger partial charge on any atom is -0.455 e. The van der Waals surface area contributed by atoms with Crippen LogP contribution in [0, 0.1) is 23.7 Å². The topological polar surface area (TPSA) is 109 Å². The molecule has 1 aromatic rings. The van der Waals surface area contributed by atoms with Crippen LogP contribution in [0.2, 0.25) is 0 Å². The highest BCUT2D eigenvalue weighted by atomic mass is 32.1. The van der Waals surface area contributed by atoms with Gasteiger partial charge >= 0.3 is 5.97 Å². The molecule has 0 aromatic carbocycles. The van der Waals surface area contributed by atoms with E-state index in [2.05, 4.69) is 29.0 Å². The zero-order valence-electron chi connectivity index (χ0n) is 29.7. The van der Waals surface area contributed by atoms with Crippen LogP contribution in [0.1, 0.15) is 141 Å². The van der Waals surface area contributed by atoms with E-state index >= 15 is 0 Å². The van der Waals surface area contributed by atoms with Crippen molar-refractivity contribution in [1.29, 1.82) is 0 Å². The van der Waals surface area contributed by atoms with E-state index in [-0.39, 0.29) is 54.0 Å². The monoisotopic (exact) mass is 660 g/mol. The van der Waals surface area contributed by atoms with Gasteiger partial charge in [0.25, 0.3) is 5.91 Å². The fraction of sp³-hybridized carbons (Fsp3) is 0.806. The molecule has 46 heavy (non-hydrogen) atoms. The van der Waals surface area contributed by atoms with E-state index in [1.54, 1.807) is 17.3 Å². The standard InChI is InChI=1S/C36H60N4O5S/c1-9-10-18-40-19-12-11-13-30(40)32(42)20-28(23(2)3)36(44)39(8)31(24(4)5)21-33(45-26(7)41)35-38-29(22-46-35)34(43)37-27-16-14-25(6)15-17-27/h22-25,27-28,30-31,33H,9-21H2,1-8H3,(H,37,43)/t25?,27?,28-,30+,31+,33+/m0/s1. The van der Waals surface area contributed by atoms with Gasteiger partial charge in [-0.2, -0.15) is 0 Å². The summed E-state index contributed by atoms with van der Waals surface area (Å²) in [5, 5.41) is 5.40. The van der Waals surface area contributed by atoms with Crippen molar-refractivity contribution in [1.82, 2.24) is 20.1 Å². The van der Waals surface area contributed by atoms with Gasteiger partial charge in [-0.05, 0) is 75.8 Å². The molecule has 1 saturated carbocycles. The van der Waals surface area contributed by atoms with Crippen LogP contribution < -0.4 is 5.32 Å². The predicted octanol–water partition coefficient (Wildman–Crippen LogP) is 6.81. The average molecular weight is 661 g/mol. The van der Waals surface area contributed by atoms with Gasteiger partial charge in [-0.1, -0.05) is 54.4 Å². The minimum absolute atomic E-state index is 0.00364. The molecule has 2 aliphatic rings. The predicted molar refractivity (Wildman–Crippen MR) is 184 cm³/mol. The normalized spacial score (nSPS) is 22.7. The molecule has 0 bridgehead atoms. The summed E-state index contributed by atoms with van der Waals surface area (Å²) in [4.78, 5) is 61.8. The third-order valence-electron chi connectivity index (χ3n) is 10.1. The smallest absolute Gasteiger partial charge is 0.303 e. The van der Waals surface area contributed by atoms with Crippen molar-refractivity contribution in [3.63, 3.8) is 0 Å². The second-order valence-corrected chi connectivity index (χ2v) is 15.4. The molecule has 2 amide bonds. The quantitative estimate of drug-likeness (QED) is 0.194. The number of likely N-dealkylation sites (tertiary alicyclic amines) is 1. The summed E-state index contributed by atoms with van der Waals surface area (Å²) in [5.74, 6) is -0.218. The first-order valence-corrected chi connectivity index (χ1v) is 18.7. The number of rotatable bonds is 16. The summed E-state index contributed by atoms with van der Waals surface area (Å²) >= 11 is 1.30. The van der Waals surface area contributed by atoms with Crippen LogP contribution in [0.3, 0.4) is 0 Å². The Kier molecular flexibility index (Phi) is 15.1. The maximum absolute atomic E-state index is 14.1. The first-order valence-electron chi connectivity index (χ1n) is 17.8. The van der Waals surface area contributed by atoms with E-state index in [9.17, 15) is 19.2 Å². The van der Waals surface area contributed by atoms with E-state index in [1.807, 2.05) is 27.7 Å². The molecule has 0 unspecified atom stereocenters. The van der Waals surface area contributed by atoms with Crippen LogP contribution in [0.15, 0.2) is 5.38 Å². The van der Waals surface area contributed by atoms with E-state index in [1.165, 1.54) is 18.3 Å². The molecule has 3 rings (SSSR count). The number of amides is 2. The van der Waals surface area contributed by atoms with E-state index < -0.39 is 18.0 Å². The number of ketones is 1. The maximum atomic E-state index is 14.1. The molecule has 9 nitrogen and oxygen atoms in total. The second kappa shape index (κ2) is 18.3. The molecule has 1 aromatic heterocycles. The second-order valence-electron chi connectivity index (χ2n) is 14.5. The molecule has 260 valence electrons. The fourth-order valence-corrected chi connectivity index (χ4v) is 7.91. The highest BCUT2D eigenvalue weighted by Gasteiger charge is 2.37. The third-order valence-corrected chi connectivity index (χ3v) is 11.0. The minimum atomic E-state index is -0.698. The largest absolute Gasteiger partial charge is 0.455 e. The van der Waals surface area contributed by atoms with Crippen molar-refractivity contribution in [3.05, 3.63) is 16.1 Å². The molecule has 0 radical (unpaired) electrons. The molecule has 1 N–H and O–H groups in total. The number of Topliss-reactive ketones (excluding diaryl/α,β-unsaturated/α-hetero) is 1. The van der Waals surface area contributed by atoms with Gasteiger partial charge in [0, 0.05) is 50.2 Å². The van der Waals surface area contributed by atoms with Crippen LogP contribution in [0.5, 0.6) is 0 Å². The van der Waals surface area contributed by atoms with Gasteiger partial charge in [0.05, 0.1) is 6.04 Å². The number of unbranched alkanes of at least 4 members (excludes halogenated alkanes) is 1. The van der Waals surface area contributed by atoms with Gasteiger partial charge in [0.2, 0.25) is 5.91 Å². The summed E-state index contributed by atoms with van der Waals surface area (Å²) < 4.78 is 5.78. The molecular weight excluding hydrogens is 600 g/mol. The lowest BCUT2D eigenvalue weighted by atomic mass is 9.84. The molecule has 2 fully saturated rings. The van der Waals surface area contributed by atoms with Crippen molar-refractivity contribution in [2.75, 3.05) is 20.1 Å². The van der Waals surface area contributed by atoms with Crippen LogP contribution in [0.25, 0.3) is 0 Å². The Balaban J connectivity index is 1.73. The van der Waals surface area contributed by atoms with Crippen molar-refractivity contribution >= 4 is 34.9 Å². The average Bonchev–Trinajstić information content (AvgIpc) is 3.51. The van der Waals surface area contributed by atoms with Crippen LogP contribution in [-0.4, -0.2) is 76.6 Å². The van der Waals surface area contributed by atoms with Gasteiger partial charge in [-0.15, -0.1) is 11.3 Å². The summed E-state index contributed by atoms with van der Waals surface area (Å²) in [7, 11) is 1.80. The van der Waals surface area contributed by atoms with Crippen molar-refractivity contribution in [2.24, 2.45) is 23.7 Å². The Hall–Kier alpha value is -2.33. The molecule has 0 spiro atoms. The van der Waals surface area contributed by atoms with Gasteiger partial charge in [0.15, 0.2) is 11.9 Å². The highest BCUT2D eigenvalue weighted by Crippen LogP contribution is 2.33. The first-order chi connectivity index (χ1) is 21.8. The number of carbonyl (C=O) groups excluding carboxylic acids is 4. The number of hydrogen-bond acceptors (Lipinski definition) is 8. The number of thiazole rings is 1. The number of esters is 1. The molecule has 4 atom stereocenters. The summed E-state index contributed by atoms with van der Waals surface area (Å²) in [6.07, 6.45) is 9.23. The Labute approximate surface area is 281 Å². The Morgan fingerprint density at radius 1 is 1.07 bits per heavy atom. The van der Waals surface area contributed by atoms with Crippen LogP contribution in [0.4, 0.5) is 0 Å². The van der Waals surface area contributed by atoms with E-state index in [0.717, 1.165) is 70.9 Å². The zero-order chi connectivity index (χ0) is 34.0. The van der Waals surface area contributed by atoms with Crippen molar-refractivity contribution in [3.8, 4) is 0 Å². The summed E-state index contributed by atoms with van der Waals surface area (Å²) in [5.41, 5.74) is 0.329. The maximum Gasteiger partial charge on any atom is 0.303 e. The van der Waals surface area contributed by atoms with Crippen LogP contribution in [-0.2, 0) is 19.1 Å². The summed E-state index contributed by atoms with van der Waals surface area (Å²) in [6, 6.07) is -0.220. The lowest BCUT2D eigenvalue weighted by Crippen LogP contribution is -2.48. The highest BCUT2D eigenvalue weighted by molar-refractivity contribution is 7.09. The summed E-state index contributed by atoms with van der Waals surface area (Å²) in [6.45, 7) is 15.8. The number of carbonyl (C=O) groups is 4. The lowest BCUT2D eigenvalue weighted by Gasteiger charge is -2.38. The number of nitrogens with one attached hydrogen (secondary N) is 1. The van der Waals surface area contributed by atoms with Gasteiger partial charge in [0.1, 0.15) is 10.7 Å². The zero-order valence-corrected chi connectivity index (χ0v) is 30.5. The Bertz CT molecular complexity index is 1150. The van der Waals surface area contributed by atoms with Gasteiger partial charge < -0.3 is 15.0 Å². The lowest BCUT2D eigenvalue weighted by molar-refractivity contribution is -0.149. The number of hydrogen-bond donors (Lipinski definition) is 1. The number of piperidine rings is 1. The molecule has 1 aliphatic heterocycles. The van der Waals surface area contributed by atoms with Gasteiger partial charge in [-0.25, -0.2) is 4.98 Å². The Morgan fingerprint density at radius 2 is 1.76 bits per heavy atom. The first kappa shape index (κ1) is 38.1. The number of ether oxygens (including phenoxy) is 1. The molecule has 2 heterocycles. The SMILES string of the molecule is CCCCN1CCCC[C@@H]1C(=O)C[C@H](C(=O)N(C)[C@H](C[C@@H](OC(C)=O)c1nc(C(=O)NC2CCC(C)CC2)cs1)C(C)C)C(C)C. The van der Waals surface area contributed by atoms with E-state index in [0.29, 0.717) is 23.0 Å².